The average molecular weight is 247 g/mol. The number of hydrogen-bond acceptors (Lipinski definition) is 2. The van der Waals surface area contributed by atoms with Crippen molar-refractivity contribution in [3.8, 4) is 5.75 Å². The average Bonchev–Trinajstić information content (AvgIpc) is 3.19. The van der Waals surface area contributed by atoms with Gasteiger partial charge in [-0.2, -0.15) is 0 Å². The van der Waals surface area contributed by atoms with Crippen molar-refractivity contribution in [3.63, 3.8) is 0 Å². The molecule has 0 aliphatic heterocycles. The van der Waals surface area contributed by atoms with Crippen molar-refractivity contribution in [2.45, 2.75) is 51.6 Å². The Morgan fingerprint density at radius 2 is 2.06 bits per heavy atom. The Morgan fingerprint density at radius 1 is 1.33 bits per heavy atom. The van der Waals surface area contributed by atoms with Gasteiger partial charge in [-0.05, 0) is 31.7 Å². The number of methoxy groups -OCH3 is 1. The minimum Gasteiger partial charge on any atom is -0.496 e. The normalized spacial score (nSPS) is 18.4. The van der Waals surface area contributed by atoms with Gasteiger partial charge in [0.15, 0.2) is 0 Å². The molecule has 18 heavy (non-hydrogen) atoms. The van der Waals surface area contributed by atoms with E-state index in [1.165, 1.54) is 24.8 Å². The van der Waals surface area contributed by atoms with Gasteiger partial charge >= 0.3 is 0 Å². The van der Waals surface area contributed by atoms with Crippen LogP contribution < -0.4 is 10.1 Å². The van der Waals surface area contributed by atoms with E-state index in [0.717, 1.165) is 18.1 Å². The van der Waals surface area contributed by atoms with Gasteiger partial charge in [-0.3, -0.25) is 0 Å². The van der Waals surface area contributed by atoms with E-state index in [1.54, 1.807) is 7.11 Å². The number of rotatable bonds is 7. The Morgan fingerprint density at radius 3 is 2.67 bits per heavy atom. The maximum atomic E-state index is 5.46. The minimum atomic E-state index is 0.398. The van der Waals surface area contributed by atoms with E-state index in [1.807, 2.05) is 12.1 Å². The zero-order valence-electron chi connectivity index (χ0n) is 11.8. The van der Waals surface area contributed by atoms with Crippen LogP contribution in [0.15, 0.2) is 24.3 Å². The molecule has 2 unspecified atom stereocenters. The van der Waals surface area contributed by atoms with E-state index < -0.39 is 0 Å². The predicted molar refractivity (Wildman–Crippen MR) is 76.0 cm³/mol. The molecular formula is C16H25NO. The highest BCUT2D eigenvalue weighted by Crippen LogP contribution is 2.34. The highest BCUT2D eigenvalue weighted by atomic mass is 16.5. The van der Waals surface area contributed by atoms with Crippen LogP contribution >= 0.6 is 0 Å². The molecule has 0 amide bonds. The third-order valence-corrected chi connectivity index (χ3v) is 3.79. The summed E-state index contributed by atoms with van der Waals surface area (Å²) in [5.74, 6) is 1.97. The van der Waals surface area contributed by atoms with Crippen molar-refractivity contribution in [2.75, 3.05) is 7.11 Å². The first-order valence-corrected chi connectivity index (χ1v) is 7.13. The lowest BCUT2D eigenvalue weighted by atomic mass is 10.0. The quantitative estimate of drug-likeness (QED) is 0.788. The number of para-hydroxylation sites is 1. The van der Waals surface area contributed by atoms with Gasteiger partial charge < -0.3 is 10.1 Å². The summed E-state index contributed by atoms with van der Waals surface area (Å²) in [6.45, 7) is 4.53. The number of hydrogen-bond donors (Lipinski definition) is 1. The van der Waals surface area contributed by atoms with Crippen LogP contribution in [0, 0.1) is 5.92 Å². The summed E-state index contributed by atoms with van der Waals surface area (Å²) >= 11 is 0. The van der Waals surface area contributed by atoms with E-state index in [2.05, 4.69) is 31.3 Å². The van der Waals surface area contributed by atoms with Crippen molar-refractivity contribution in [2.24, 2.45) is 5.92 Å². The lowest BCUT2D eigenvalue weighted by Gasteiger charge is -2.24. The molecule has 2 heteroatoms. The molecule has 1 aliphatic carbocycles. The molecule has 0 radical (unpaired) electrons. The summed E-state index contributed by atoms with van der Waals surface area (Å²) in [6.07, 6.45) is 5.26. The summed E-state index contributed by atoms with van der Waals surface area (Å²) in [6, 6.07) is 9.33. The minimum absolute atomic E-state index is 0.398. The Hall–Kier alpha value is -1.02. The maximum absolute atomic E-state index is 5.46. The Labute approximate surface area is 111 Å². The molecule has 1 saturated carbocycles. The molecule has 1 N–H and O–H groups in total. The first kappa shape index (κ1) is 13.4. The van der Waals surface area contributed by atoms with Gasteiger partial charge in [0, 0.05) is 17.6 Å². The smallest absolute Gasteiger partial charge is 0.123 e. The molecular weight excluding hydrogens is 222 g/mol. The summed E-state index contributed by atoms with van der Waals surface area (Å²) in [5.41, 5.74) is 1.28. The highest BCUT2D eigenvalue weighted by Gasteiger charge is 2.25. The van der Waals surface area contributed by atoms with Gasteiger partial charge in [0.2, 0.25) is 0 Å². The molecule has 1 aromatic rings. The van der Waals surface area contributed by atoms with E-state index in [4.69, 9.17) is 4.74 Å². The van der Waals surface area contributed by atoms with Crippen molar-refractivity contribution in [1.29, 1.82) is 0 Å². The molecule has 0 aromatic heterocycles. The van der Waals surface area contributed by atoms with Crippen LogP contribution in [-0.2, 0) is 0 Å². The molecule has 0 spiro atoms. The molecule has 1 aliphatic rings. The van der Waals surface area contributed by atoms with Crippen molar-refractivity contribution < 1.29 is 4.74 Å². The van der Waals surface area contributed by atoms with Crippen LogP contribution in [0.2, 0.25) is 0 Å². The van der Waals surface area contributed by atoms with Gasteiger partial charge in [-0.15, -0.1) is 0 Å². The summed E-state index contributed by atoms with van der Waals surface area (Å²) in [5, 5.41) is 3.75. The van der Waals surface area contributed by atoms with E-state index >= 15 is 0 Å². The SMILES string of the molecule is CCC(NC(C)CC1CC1)c1ccccc1OC. The second-order valence-electron chi connectivity index (χ2n) is 5.45. The monoisotopic (exact) mass is 247 g/mol. The zero-order valence-corrected chi connectivity index (χ0v) is 11.8. The zero-order chi connectivity index (χ0) is 13.0. The van der Waals surface area contributed by atoms with Crippen molar-refractivity contribution in [3.05, 3.63) is 29.8 Å². The standard InChI is InChI=1S/C16H25NO/c1-4-15(17-12(2)11-13-9-10-13)14-7-5-6-8-16(14)18-3/h5-8,12-13,15,17H,4,9-11H2,1-3H3. The highest BCUT2D eigenvalue weighted by molar-refractivity contribution is 5.35. The number of ether oxygens (including phenoxy) is 1. The second kappa shape index (κ2) is 6.24. The third kappa shape index (κ3) is 3.49. The van der Waals surface area contributed by atoms with Crippen molar-refractivity contribution in [1.82, 2.24) is 5.32 Å². The van der Waals surface area contributed by atoms with Gasteiger partial charge in [-0.1, -0.05) is 38.0 Å². The fraction of sp³-hybridized carbons (Fsp3) is 0.625. The molecule has 2 nitrogen and oxygen atoms in total. The third-order valence-electron chi connectivity index (χ3n) is 3.79. The van der Waals surface area contributed by atoms with Crippen LogP contribution in [0.1, 0.15) is 51.1 Å². The van der Waals surface area contributed by atoms with E-state index in [9.17, 15) is 0 Å². The fourth-order valence-electron chi connectivity index (χ4n) is 2.65. The Bertz CT molecular complexity index is 373. The summed E-state index contributed by atoms with van der Waals surface area (Å²) in [4.78, 5) is 0. The van der Waals surface area contributed by atoms with Gasteiger partial charge in [-0.25, -0.2) is 0 Å². The summed E-state index contributed by atoms with van der Waals surface area (Å²) in [7, 11) is 1.75. The molecule has 2 rings (SSSR count). The second-order valence-corrected chi connectivity index (χ2v) is 5.45. The van der Waals surface area contributed by atoms with Crippen LogP contribution in [0.3, 0.4) is 0 Å². The topological polar surface area (TPSA) is 21.3 Å². The maximum Gasteiger partial charge on any atom is 0.123 e. The predicted octanol–water partition coefficient (Wildman–Crippen LogP) is 3.92. The molecule has 0 bridgehead atoms. The van der Waals surface area contributed by atoms with Gasteiger partial charge in [0.1, 0.15) is 5.75 Å². The van der Waals surface area contributed by atoms with Crippen molar-refractivity contribution >= 4 is 0 Å². The molecule has 1 aromatic carbocycles. The number of benzene rings is 1. The van der Waals surface area contributed by atoms with Crippen LogP contribution in [0.4, 0.5) is 0 Å². The van der Waals surface area contributed by atoms with Crippen LogP contribution in [0.5, 0.6) is 5.75 Å². The fourth-order valence-corrected chi connectivity index (χ4v) is 2.65. The molecule has 1 fully saturated rings. The first-order valence-electron chi connectivity index (χ1n) is 7.13. The Kier molecular flexibility index (Phi) is 4.65. The van der Waals surface area contributed by atoms with Crippen LogP contribution in [0.25, 0.3) is 0 Å². The van der Waals surface area contributed by atoms with Gasteiger partial charge in [0.25, 0.3) is 0 Å². The van der Waals surface area contributed by atoms with Gasteiger partial charge in [0.05, 0.1) is 7.11 Å². The van der Waals surface area contributed by atoms with E-state index in [-0.39, 0.29) is 0 Å². The molecule has 0 saturated heterocycles. The number of nitrogens with one attached hydrogen (secondary N) is 1. The lowest BCUT2D eigenvalue weighted by Crippen LogP contribution is -2.30. The van der Waals surface area contributed by atoms with E-state index in [0.29, 0.717) is 12.1 Å². The molecule has 2 atom stereocenters. The Balaban J connectivity index is 2.01. The largest absolute Gasteiger partial charge is 0.496 e. The molecule has 100 valence electrons. The van der Waals surface area contributed by atoms with Crippen LogP contribution in [-0.4, -0.2) is 13.2 Å². The summed E-state index contributed by atoms with van der Waals surface area (Å²) < 4.78 is 5.46. The first-order chi connectivity index (χ1) is 8.74. The molecule has 0 heterocycles. The lowest BCUT2D eigenvalue weighted by molar-refractivity contribution is 0.377.